The molecule has 0 fully saturated rings. The zero-order valence-electron chi connectivity index (χ0n) is 10.8. The standard InChI is InChI=1S/C13H15BrN2O3/c1-9-3-4-11(7-12(9)15-8-17)16-13(18)19-10(2)5-6-14/h3-4,7,10H,5-6H2,1-2H3,(H,16,18). The Bertz CT molecular complexity index is 499. The van der Waals surface area contributed by atoms with Gasteiger partial charge < -0.3 is 4.74 Å². The largest absolute Gasteiger partial charge is 0.446 e. The normalized spacial score (nSPS) is 11.3. The number of anilines is 1. The third-order valence-corrected chi connectivity index (χ3v) is 2.90. The van der Waals surface area contributed by atoms with Gasteiger partial charge in [0.05, 0.1) is 5.69 Å². The van der Waals surface area contributed by atoms with Crippen LogP contribution in [0.5, 0.6) is 0 Å². The number of carbonyl (C=O) groups excluding carboxylic acids is 2. The highest BCUT2D eigenvalue weighted by molar-refractivity contribution is 9.09. The van der Waals surface area contributed by atoms with Crippen molar-refractivity contribution in [1.82, 2.24) is 0 Å². The summed E-state index contributed by atoms with van der Waals surface area (Å²) in [5.74, 6) is 0. The molecule has 0 heterocycles. The molecule has 0 radical (unpaired) electrons. The molecule has 0 aromatic heterocycles. The molecule has 1 N–H and O–H groups in total. The molecule has 1 amide bonds. The van der Waals surface area contributed by atoms with Crippen molar-refractivity contribution < 1.29 is 14.3 Å². The lowest BCUT2D eigenvalue weighted by Gasteiger charge is -2.13. The second-order valence-corrected chi connectivity index (χ2v) is 4.82. The summed E-state index contributed by atoms with van der Waals surface area (Å²) in [5.41, 5.74) is 1.83. The predicted molar refractivity (Wildman–Crippen MR) is 76.9 cm³/mol. The molecule has 1 atom stereocenters. The fourth-order valence-electron chi connectivity index (χ4n) is 1.40. The predicted octanol–water partition coefficient (Wildman–Crippen LogP) is 3.68. The van der Waals surface area contributed by atoms with E-state index in [1.54, 1.807) is 18.2 Å². The topological polar surface area (TPSA) is 67.8 Å². The Labute approximate surface area is 120 Å². The Hall–Kier alpha value is -1.65. The highest BCUT2D eigenvalue weighted by Crippen LogP contribution is 2.22. The molecule has 1 rings (SSSR count). The van der Waals surface area contributed by atoms with E-state index >= 15 is 0 Å². The number of nitrogens with one attached hydrogen (secondary N) is 1. The van der Waals surface area contributed by atoms with Gasteiger partial charge in [-0.3, -0.25) is 5.32 Å². The van der Waals surface area contributed by atoms with Crippen LogP contribution in [0.2, 0.25) is 0 Å². The van der Waals surface area contributed by atoms with Crippen LogP contribution in [0.25, 0.3) is 0 Å². The zero-order chi connectivity index (χ0) is 14.3. The molecule has 0 spiro atoms. The average Bonchev–Trinajstić information content (AvgIpc) is 2.33. The molecule has 0 saturated carbocycles. The van der Waals surface area contributed by atoms with Crippen LogP contribution in [0.1, 0.15) is 18.9 Å². The molecular formula is C13H15BrN2O3. The van der Waals surface area contributed by atoms with Gasteiger partial charge in [0, 0.05) is 11.0 Å². The van der Waals surface area contributed by atoms with E-state index in [-0.39, 0.29) is 6.10 Å². The molecule has 0 saturated heterocycles. The van der Waals surface area contributed by atoms with Crippen molar-refractivity contribution in [2.75, 3.05) is 10.6 Å². The minimum atomic E-state index is -0.529. The lowest BCUT2D eigenvalue weighted by molar-refractivity contribution is 0.119. The van der Waals surface area contributed by atoms with Crippen LogP contribution >= 0.6 is 15.9 Å². The van der Waals surface area contributed by atoms with Crippen molar-refractivity contribution >= 4 is 39.5 Å². The SMILES string of the molecule is Cc1ccc(NC(=O)OC(C)CCBr)cc1N=C=O. The van der Waals surface area contributed by atoms with Crippen LogP contribution in [0.4, 0.5) is 16.2 Å². The molecule has 19 heavy (non-hydrogen) atoms. The molecular weight excluding hydrogens is 312 g/mol. The average molecular weight is 327 g/mol. The number of amides is 1. The summed E-state index contributed by atoms with van der Waals surface area (Å²) >= 11 is 3.28. The van der Waals surface area contributed by atoms with Gasteiger partial charge in [-0.2, -0.15) is 4.99 Å². The fourth-order valence-corrected chi connectivity index (χ4v) is 2.04. The molecule has 0 aliphatic rings. The number of isocyanates is 1. The smallest absolute Gasteiger partial charge is 0.411 e. The first kappa shape index (κ1) is 15.4. The molecule has 6 heteroatoms. The van der Waals surface area contributed by atoms with Crippen LogP contribution in [0.3, 0.4) is 0 Å². The Balaban J connectivity index is 2.69. The minimum absolute atomic E-state index is 0.169. The number of aliphatic imine (C=N–C) groups is 1. The lowest BCUT2D eigenvalue weighted by Crippen LogP contribution is -2.20. The van der Waals surface area contributed by atoms with Crippen LogP contribution in [0, 0.1) is 6.92 Å². The first-order valence-electron chi connectivity index (χ1n) is 5.79. The Kier molecular flexibility index (Phi) is 6.25. The number of carbonyl (C=O) groups is 1. The maximum Gasteiger partial charge on any atom is 0.411 e. The molecule has 5 nitrogen and oxygen atoms in total. The van der Waals surface area contributed by atoms with Crippen molar-refractivity contribution in [3.05, 3.63) is 23.8 Å². The molecule has 1 aromatic rings. The summed E-state index contributed by atoms with van der Waals surface area (Å²) in [6, 6.07) is 5.07. The maximum absolute atomic E-state index is 11.6. The van der Waals surface area contributed by atoms with Crippen molar-refractivity contribution in [1.29, 1.82) is 0 Å². The van der Waals surface area contributed by atoms with Gasteiger partial charge in [-0.25, -0.2) is 9.59 Å². The highest BCUT2D eigenvalue weighted by Gasteiger charge is 2.09. The highest BCUT2D eigenvalue weighted by atomic mass is 79.9. The number of rotatable bonds is 5. The van der Waals surface area contributed by atoms with Crippen molar-refractivity contribution in [2.24, 2.45) is 4.99 Å². The monoisotopic (exact) mass is 326 g/mol. The number of aryl methyl sites for hydroxylation is 1. The van der Waals surface area contributed by atoms with Gasteiger partial charge in [0.25, 0.3) is 0 Å². The maximum atomic E-state index is 11.6. The second kappa shape index (κ2) is 7.71. The van der Waals surface area contributed by atoms with Crippen LogP contribution in [-0.2, 0) is 9.53 Å². The van der Waals surface area contributed by atoms with E-state index in [9.17, 15) is 9.59 Å². The van der Waals surface area contributed by atoms with Crippen LogP contribution in [0.15, 0.2) is 23.2 Å². The van der Waals surface area contributed by atoms with Gasteiger partial charge in [0.15, 0.2) is 0 Å². The van der Waals surface area contributed by atoms with E-state index in [2.05, 4.69) is 26.2 Å². The first-order chi connectivity index (χ1) is 9.06. The molecule has 0 bridgehead atoms. The summed E-state index contributed by atoms with van der Waals surface area (Å²) in [6.07, 6.45) is 1.52. The van der Waals surface area contributed by atoms with Gasteiger partial charge in [-0.15, -0.1) is 0 Å². The summed E-state index contributed by atoms with van der Waals surface area (Å²) in [6.45, 7) is 3.63. The summed E-state index contributed by atoms with van der Waals surface area (Å²) in [4.78, 5) is 25.4. The van der Waals surface area contributed by atoms with Crippen LogP contribution in [-0.4, -0.2) is 23.6 Å². The van der Waals surface area contributed by atoms with E-state index in [4.69, 9.17) is 4.74 Å². The number of alkyl halides is 1. The Morgan fingerprint density at radius 1 is 1.58 bits per heavy atom. The van der Waals surface area contributed by atoms with E-state index < -0.39 is 6.09 Å². The summed E-state index contributed by atoms with van der Waals surface area (Å²) < 4.78 is 5.14. The minimum Gasteiger partial charge on any atom is -0.446 e. The number of hydrogen-bond acceptors (Lipinski definition) is 4. The van der Waals surface area contributed by atoms with Gasteiger partial charge in [0.2, 0.25) is 6.08 Å². The van der Waals surface area contributed by atoms with E-state index in [1.165, 1.54) is 6.08 Å². The summed E-state index contributed by atoms with van der Waals surface area (Å²) in [5, 5.41) is 3.36. The van der Waals surface area contributed by atoms with Crippen molar-refractivity contribution in [3.8, 4) is 0 Å². The van der Waals surface area contributed by atoms with Gasteiger partial charge >= 0.3 is 6.09 Å². The number of hydrogen-bond donors (Lipinski definition) is 1. The third kappa shape index (κ3) is 5.24. The fraction of sp³-hybridized carbons (Fsp3) is 0.385. The number of benzene rings is 1. The molecule has 1 aromatic carbocycles. The quantitative estimate of drug-likeness (QED) is 0.509. The first-order valence-corrected chi connectivity index (χ1v) is 6.91. The summed E-state index contributed by atoms with van der Waals surface area (Å²) in [7, 11) is 0. The van der Waals surface area contributed by atoms with Crippen molar-refractivity contribution in [3.63, 3.8) is 0 Å². The number of halogens is 1. The van der Waals surface area contributed by atoms with E-state index in [0.29, 0.717) is 11.4 Å². The number of nitrogens with zero attached hydrogens (tertiary/aromatic N) is 1. The van der Waals surface area contributed by atoms with Gasteiger partial charge in [0.1, 0.15) is 6.10 Å². The lowest BCUT2D eigenvalue weighted by atomic mass is 10.2. The Morgan fingerprint density at radius 3 is 2.95 bits per heavy atom. The molecule has 102 valence electrons. The molecule has 1 unspecified atom stereocenters. The molecule has 0 aliphatic carbocycles. The molecule has 0 aliphatic heterocycles. The second-order valence-electron chi connectivity index (χ2n) is 4.02. The Morgan fingerprint density at radius 2 is 2.32 bits per heavy atom. The van der Waals surface area contributed by atoms with Gasteiger partial charge in [-0.1, -0.05) is 22.0 Å². The van der Waals surface area contributed by atoms with E-state index in [1.807, 2.05) is 13.8 Å². The third-order valence-electron chi connectivity index (χ3n) is 2.45. The number of ether oxygens (including phenoxy) is 1. The zero-order valence-corrected chi connectivity index (χ0v) is 12.4. The van der Waals surface area contributed by atoms with Gasteiger partial charge in [-0.05, 0) is 38.0 Å². The van der Waals surface area contributed by atoms with E-state index in [0.717, 1.165) is 17.3 Å². The van der Waals surface area contributed by atoms with Crippen LogP contribution < -0.4 is 5.32 Å². The van der Waals surface area contributed by atoms with Crippen molar-refractivity contribution in [2.45, 2.75) is 26.4 Å².